The number of alkyl halides is 3. The van der Waals surface area contributed by atoms with E-state index in [0.717, 1.165) is 6.07 Å². The van der Waals surface area contributed by atoms with Gasteiger partial charge in [-0.25, -0.2) is 15.0 Å². The van der Waals surface area contributed by atoms with Crippen LogP contribution in [0.3, 0.4) is 0 Å². The number of nitrogens with zero attached hydrogens (tertiary/aromatic N) is 4. The monoisotopic (exact) mass is 403 g/mol. The quantitative estimate of drug-likeness (QED) is 0.719. The second-order valence-corrected chi connectivity index (χ2v) is 5.95. The number of hydrogen-bond acceptors (Lipinski definition) is 5. The van der Waals surface area contributed by atoms with Crippen LogP contribution in [0.2, 0.25) is 10.2 Å². The Kier molecular flexibility index (Phi) is 5.01. The minimum atomic E-state index is -4.53. The zero-order valence-corrected chi connectivity index (χ0v) is 14.4. The summed E-state index contributed by atoms with van der Waals surface area (Å²) in [5.74, 6) is 0.0742. The minimum Gasteiger partial charge on any atom is -0.367 e. The molecule has 0 spiro atoms. The van der Waals surface area contributed by atoms with Gasteiger partial charge < -0.3 is 5.32 Å². The Morgan fingerprint density at radius 2 is 2.00 bits per heavy atom. The van der Waals surface area contributed by atoms with Crippen LogP contribution < -0.4 is 10.9 Å². The van der Waals surface area contributed by atoms with Gasteiger partial charge in [0, 0.05) is 25.5 Å². The lowest BCUT2D eigenvalue weighted by molar-refractivity contribution is -0.137. The maximum Gasteiger partial charge on any atom is 0.417 e. The summed E-state index contributed by atoms with van der Waals surface area (Å²) in [7, 11) is 0. The van der Waals surface area contributed by atoms with Gasteiger partial charge in [0.1, 0.15) is 11.3 Å². The van der Waals surface area contributed by atoms with E-state index in [4.69, 9.17) is 23.2 Å². The highest BCUT2D eigenvalue weighted by atomic mass is 35.5. The number of anilines is 1. The predicted molar refractivity (Wildman–Crippen MR) is 91.5 cm³/mol. The van der Waals surface area contributed by atoms with Crippen LogP contribution in [0.25, 0.3) is 11.2 Å². The highest BCUT2D eigenvalue weighted by molar-refractivity contribution is 6.33. The summed E-state index contributed by atoms with van der Waals surface area (Å²) in [5, 5.41) is 2.41. The van der Waals surface area contributed by atoms with Crippen LogP contribution in [0, 0.1) is 0 Å². The highest BCUT2D eigenvalue weighted by Gasteiger charge is 2.31. The lowest BCUT2D eigenvalue weighted by atomic mass is 10.3. The van der Waals surface area contributed by atoms with E-state index in [-0.39, 0.29) is 29.1 Å². The van der Waals surface area contributed by atoms with E-state index < -0.39 is 17.3 Å². The third-order valence-electron chi connectivity index (χ3n) is 3.46. The number of halogens is 5. The molecular weight excluding hydrogens is 394 g/mol. The van der Waals surface area contributed by atoms with Crippen LogP contribution in [-0.4, -0.2) is 26.1 Å². The van der Waals surface area contributed by atoms with Crippen LogP contribution in [0.15, 0.2) is 35.4 Å². The van der Waals surface area contributed by atoms with Crippen molar-refractivity contribution in [2.75, 3.05) is 11.9 Å². The summed E-state index contributed by atoms with van der Waals surface area (Å²) in [6.07, 6.45) is -2.34. The SMILES string of the molecule is O=c1c(Cl)nc2cccnc2n1CCNc1ncc(C(F)(F)F)cc1Cl. The fraction of sp³-hybridized carbons (Fsp3) is 0.200. The molecule has 0 aliphatic rings. The van der Waals surface area contributed by atoms with Crippen molar-refractivity contribution in [1.29, 1.82) is 0 Å². The topological polar surface area (TPSA) is 72.7 Å². The Hall–Kier alpha value is -2.39. The van der Waals surface area contributed by atoms with E-state index in [1.165, 1.54) is 10.8 Å². The molecule has 0 aromatic carbocycles. The molecule has 6 nitrogen and oxygen atoms in total. The zero-order valence-electron chi connectivity index (χ0n) is 12.9. The maximum atomic E-state index is 12.6. The van der Waals surface area contributed by atoms with Crippen LogP contribution in [0.4, 0.5) is 19.0 Å². The summed E-state index contributed by atoms with van der Waals surface area (Å²) in [5.41, 5.74) is -0.676. The standard InChI is InChI=1S/C15H10Cl2F3N5O/c16-9-6-8(15(18,19)20)7-23-12(9)21-4-5-25-13-10(2-1-3-22-13)24-11(17)14(25)26/h1-3,6-7H,4-5H2,(H,21,23). The molecular formula is C15H10Cl2F3N5O. The van der Waals surface area contributed by atoms with Crippen molar-refractivity contribution in [3.8, 4) is 0 Å². The Labute approximate surface area is 154 Å². The molecule has 26 heavy (non-hydrogen) atoms. The Morgan fingerprint density at radius 3 is 2.69 bits per heavy atom. The summed E-state index contributed by atoms with van der Waals surface area (Å²) in [4.78, 5) is 23.9. The third-order valence-corrected chi connectivity index (χ3v) is 3.99. The molecule has 0 aliphatic heterocycles. The Bertz CT molecular complexity index is 1020. The van der Waals surface area contributed by atoms with E-state index in [2.05, 4.69) is 20.3 Å². The number of hydrogen-bond donors (Lipinski definition) is 1. The number of pyridine rings is 2. The average molecular weight is 404 g/mol. The highest BCUT2D eigenvalue weighted by Crippen LogP contribution is 2.32. The molecule has 0 fully saturated rings. The first-order valence-electron chi connectivity index (χ1n) is 7.25. The fourth-order valence-corrected chi connectivity index (χ4v) is 2.69. The molecule has 1 N–H and O–H groups in total. The molecule has 3 aromatic rings. The van der Waals surface area contributed by atoms with Crippen LogP contribution in [0.1, 0.15) is 5.56 Å². The van der Waals surface area contributed by atoms with Crippen LogP contribution >= 0.6 is 23.2 Å². The maximum absolute atomic E-state index is 12.6. The molecule has 3 heterocycles. The molecule has 136 valence electrons. The van der Waals surface area contributed by atoms with Crippen molar-refractivity contribution in [3.63, 3.8) is 0 Å². The molecule has 0 atom stereocenters. The average Bonchev–Trinajstić information content (AvgIpc) is 2.58. The van der Waals surface area contributed by atoms with Crippen molar-refractivity contribution < 1.29 is 13.2 Å². The lowest BCUT2D eigenvalue weighted by Crippen LogP contribution is -2.26. The molecule has 11 heteroatoms. The van der Waals surface area contributed by atoms with E-state index in [0.29, 0.717) is 17.4 Å². The van der Waals surface area contributed by atoms with Gasteiger partial charge in [-0.1, -0.05) is 23.2 Å². The number of rotatable bonds is 4. The van der Waals surface area contributed by atoms with Gasteiger partial charge in [-0.15, -0.1) is 0 Å². The predicted octanol–water partition coefficient (Wildman–Crippen LogP) is 3.62. The smallest absolute Gasteiger partial charge is 0.367 e. The molecule has 0 radical (unpaired) electrons. The second kappa shape index (κ2) is 7.08. The first-order valence-corrected chi connectivity index (χ1v) is 8.00. The fourth-order valence-electron chi connectivity index (χ4n) is 2.26. The van der Waals surface area contributed by atoms with Crippen molar-refractivity contribution in [3.05, 3.63) is 56.7 Å². The van der Waals surface area contributed by atoms with Crippen LogP contribution in [0.5, 0.6) is 0 Å². The molecule has 0 bridgehead atoms. The summed E-state index contributed by atoms with van der Waals surface area (Å²) >= 11 is 11.7. The normalized spacial score (nSPS) is 11.7. The van der Waals surface area contributed by atoms with E-state index in [1.54, 1.807) is 12.1 Å². The van der Waals surface area contributed by atoms with Gasteiger partial charge in [0.05, 0.1) is 10.6 Å². The van der Waals surface area contributed by atoms with Gasteiger partial charge >= 0.3 is 6.18 Å². The zero-order chi connectivity index (χ0) is 18.9. The van der Waals surface area contributed by atoms with Gasteiger partial charge in [0.2, 0.25) is 0 Å². The molecule has 0 aliphatic carbocycles. The van der Waals surface area contributed by atoms with Crippen molar-refractivity contribution in [2.24, 2.45) is 0 Å². The summed E-state index contributed by atoms with van der Waals surface area (Å²) in [6.45, 7) is 0.289. The largest absolute Gasteiger partial charge is 0.417 e. The third kappa shape index (κ3) is 3.73. The van der Waals surface area contributed by atoms with E-state index in [1.807, 2.05) is 0 Å². The first kappa shape index (κ1) is 18.4. The number of aromatic nitrogens is 4. The molecule has 3 aromatic heterocycles. The number of nitrogens with one attached hydrogen (secondary N) is 1. The van der Waals surface area contributed by atoms with Gasteiger partial charge in [-0.3, -0.25) is 9.36 Å². The summed E-state index contributed by atoms with van der Waals surface area (Å²) < 4.78 is 39.2. The van der Waals surface area contributed by atoms with Gasteiger partial charge in [0.25, 0.3) is 5.56 Å². The minimum absolute atomic E-state index is 0.0742. The van der Waals surface area contributed by atoms with Gasteiger partial charge in [-0.2, -0.15) is 13.2 Å². The first-order chi connectivity index (χ1) is 12.3. The molecule has 0 unspecified atom stereocenters. The van der Waals surface area contributed by atoms with Gasteiger partial charge in [-0.05, 0) is 18.2 Å². The molecule has 3 rings (SSSR count). The van der Waals surface area contributed by atoms with Crippen LogP contribution in [-0.2, 0) is 12.7 Å². The van der Waals surface area contributed by atoms with Gasteiger partial charge in [0.15, 0.2) is 10.8 Å². The van der Waals surface area contributed by atoms with Crippen molar-refractivity contribution in [2.45, 2.75) is 12.7 Å². The lowest BCUT2D eigenvalue weighted by Gasteiger charge is -2.12. The van der Waals surface area contributed by atoms with E-state index in [9.17, 15) is 18.0 Å². The van der Waals surface area contributed by atoms with E-state index >= 15 is 0 Å². The molecule has 0 amide bonds. The Balaban J connectivity index is 1.80. The van der Waals surface area contributed by atoms with Crippen molar-refractivity contribution >= 4 is 40.2 Å². The molecule has 0 saturated heterocycles. The summed E-state index contributed by atoms with van der Waals surface area (Å²) in [6, 6.07) is 4.10. The van der Waals surface area contributed by atoms with Crippen molar-refractivity contribution in [1.82, 2.24) is 19.5 Å². The number of fused-ring (bicyclic) bond motifs is 1. The second-order valence-electron chi connectivity index (χ2n) is 5.18. The molecule has 0 saturated carbocycles. The Morgan fingerprint density at radius 1 is 1.23 bits per heavy atom.